The molecule has 2 saturated carbocycles. The number of hydrogen-bond acceptors (Lipinski definition) is 1. The molecule has 0 spiro atoms. The predicted octanol–water partition coefficient (Wildman–Crippen LogP) is 9.08. The van der Waals surface area contributed by atoms with Gasteiger partial charge in [-0.05, 0) is 54.7 Å². The van der Waals surface area contributed by atoms with Crippen molar-refractivity contribution in [2.24, 2.45) is 7.05 Å². The summed E-state index contributed by atoms with van der Waals surface area (Å²) in [6.07, 6.45) is 17.5. The van der Waals surface area contributed by atoms with Crippen molar-refractivity contribution in [2.75, 3.05) is 0 Å². The third-order valence-corrected chi connectivity index (χ3v) is 9.12. The van der Waals surface area contributed by atoms with Gasteiger partial charge in [-0.1, -0.05) is 62.8 Å². The zero-order valence-corrected chi connectivity index (χ0v) is 24.6. The summed E-state index contributed by atoms with van der Waals surface area (Å²) >= 11 is 0. The molecule has 0 bridgehead atoms. The molecule has 3 nitrogen and oxygen atoms in total. The van der Waals surface area contributed by atoms with Gasteiger partial charge >= 0.3 is 0 Å². The van der Waals surface area contributed by atoms with Crippen LogP contribution < -0.4 is 0 Å². The topological polar surface area (TPSA) is 22.8 Å². The molecule has 5 aromatic rings. The average molecular weight is 679 g/mol. The van der Waals surface area contributed by atoms with Gasteiger partial charge in [0, 0.05) is 55.8 Å². The maximum Gasteiger partial charge on any atom is 0.0602 e. The van der Waals surface area contributed by atoms with E-state index in [0.717, 1.165) is 11.4 Å². The summed E-state index contributed by atoms with van der Waals surface area (Å²) in [5, 5.41) is 2.78. The van der Waals surface area contributed by atoms with Crippen LogP contribution in [-0.2, 0) is 27.2 Å². The molecular weight excluding hydrogens is 643 g/mol. The predicted molar refractivity (Wildman–Crippen MR) is 153 cm³/mol. The number of nitrogens with zero attached hydrogens (tertiary/aromatic N) is 3. The fraction of sp³-hybridized carbons (Fsp3) is 0.382. The quantitative estimate of drug-likeness (QED) is 0.174. The Labute approximate surface area is 239 Å². The smallest absolute Gasteiger partial charge is 0.0602 e. The minimum atomic E-state index is 0. The van der Waals surface area contributed by atoms with Gasteiger partial charge in [0.2, 0.25) is 0 Å². The average Bonchev–Trinajstić information content (AvgIpc) is 3.57. The Hall–Kier alpha value is -2.68. The van der Waals surface area contributed by atoms with E-state index in [1.165, 1.54) is 91.7 Å². The standard InChI is InChI=1S/C34H36N3.Ir/c1-36-30-20-12-11-19-27(30)31-32(36)28(24-13-5-2-6-14-24)23-29(25-15-7-3-8-16-25)33(31)37-22-21-35-34(37)26-17-9-4-10-18-26;/h4,9-12,17,19-25H,2-3,5-8,13-16H2,1H3;/q-1;. The Balaban J connectivity index is 0.00000264. The van der Waals surface area contributed by atoms with Crippen LogP contribution in [0.25, 0.3) is 38.9 Å². The maximum absolute atomic E-state index is 4.88. The van der Waals surface area contributed by atoms with Gasteiger partial charge in [0.15, 0.2) is 0 Å². The Morgan fingerprint density at radius 2 is 1.50 bits per heavy atom. The molecule has 2 heterocycles. The number of benzene rings is 3. The molecule has 0 aliphatic heterocycles. The normalized spacial score (nSPS) is 17.2. The van der Waals surface area contributed by atoms with Crippen LogP contribution in [0.1, 0.15) is 87.2 Å². The van der Waals surface area contributed by atoms with Gasteiger partial charge in [0.05, 0.1) is 17.0 Å². The number of para-hydroxylation sites is 1. The first-order valence-electron chi connectivity index (χ1n) is 14.4. The van der Waals surface area contributed by atoms with Crippen molar-refractivity contribution in [3.8, 4) is 17.1 Å². The first kappa shape index (κ1) is 25.6. The molecule has 3 aromatic carbocycles. The summed E-state index contributed by atoms with van der Waals surface area (Å²) in [6, 6.07) is 23.4. The van der Waals surface area contributed by atoms with Gasteiger partial charge < -0.3 is 9.13 Å². The van der Waals surface area contributed by atoms with Crippen LogP contribution in [0, 0.1) is 6.07 Å². The number of fused-ring (bicyclic) bond motifs is 3. The van der Waals surface area contributed by atoms with Crippen LogP contribution in [0.2, 0.25) is 0 Å². The van der Waals surface area contributed by atoms with Crippen LogP contribution in [-0.4, -0.2) is 14.1 Å². The van der Waals surface area contributed by atoms with Crippen LogP contribution in [0.3, 0.4) is 0 Å². The summed E-state index contributed by atoms with van der Waals surface area (Å²) in [7, 11) is 2.28. The molecule has 0 unspecified atom stereocenters. The monoisotopic (exact) mass is 679 g/mol. The van der Waals surface area contributed by atoms with Crippen molar-refractivity contribution in [1.29, 1.82) is 0 Å². The Bertz CT molecular complexity index is 1550. The van der Waals surface area contributed by atoms with Crippen LogP contribution in [0.5, 0.6) is 0 Å². The van der Waals surface area contributed by atoms with E-state index in [0.29, 0.717) is 11.8 Å². The molecule has 0 atom stereocenters. The van der Waals surface area contributed by atoms with Gasteiger partial charge in [-0.15, -0.1) is 35.9 Å². The van der Waals surface area contributed by atoms with Crippen molar-refractivity contribution < 1.29 is 20.1 Å². The summed E-state index contributed by atoms with van der Waals surface area (Å²) in [4.78, 5) is 4.88. The molecular formula is C34H36IrN3-. The molecule has 2 aromatic heterocycles. The molecule has 4 heteroatoms. The summed E-state index contributed by atoms with van der Waals surface area (Å²) in [6.45, 7) is 0. The Morgan fingerprint density at radius 1 is 0.816 bits per heavy atom. The van der Waals surface area contributed by atoms with Gasteiger partial charge in [-0.25, -0.2) is 0 Å². The van der Waals surface area contributed by atoms with E-state index in [4.69, 9.17) is 4.98 Å². The van der Waals surface area contributed by atoms with Crippen molar-refractivity contribution in [3.05, 3.63) is 84.2 Å². The van der Waals surface area contributed by atoms with E-state index < -0.39 is 0 Å². The van der Waals surface area contributed by atoms with Gasteiger partial charge in [0.1, 0.15) is 0 Å². The Morgan fingerprint density at radius 3 is 2.21 bits per heavy atom. The second-order valence-corrected chi connectivity index (χ2v) is 11.3. The van der Waals surface area contributed by atoms with Crippen LogP contribution >= 0.6 is 0 Å². The van der Waals surface area contributed by atoms with E-state index >= 15 is 0 Å². The molecule has 2 fully saturated rings. The summed E-state index contributed by atoms with van der Waals surface area (Å²) in [5.74, 6) is 2.24. The zero-order valence-electron chi connectivity index (χ0n) is 22.3. The SMILES string of the molecule is Cn1c2ccccc2c2c(-n3ccnc3-c3[c-]cccc3)c(C3CCCCC3)cc(C3CCCCC3)c21.[Ir]. The number of aromatic nitrogens is 3. The van der Waals surface area contributed by atoms with E-state index in [2.05, 4.69) is 70.9 Å². The molecule has 2 aliphatic carbocycles. The number of hydrogen-bond donors (Lipinski definition) is 0. The number of rotatable bonds is 4. The fourth-order valence-corrected chi connectivity index (χ4v) is 7.34. The number of imidazole rings is 1. The maximum atomic E-state index is 4.88. The first-order valence-corrected chi connectivity index (χ1v) is 14.4. The minimum Gasteiger partial charge on any atom is -0.343 e. The van der Waals surface area contributed by atoms with Gasteiger partial charge in [-0.2, -0.15) is 0 Å². The first-order chi connectivity index (χ1) is 18.3. The fourth-order valence-electron chi connectivity index (χ4n) is 7.34. The molecule has 0 N–H and O–H groups in total. The third kappa shape index (κ3) is 4.27. The molecule has 38 heavy (non-hydrogen) atoms. The molecule has 0 saturated heterocycles. The van der Waals surface area contributed by atoms with E-state index in [1.807, 2.05) is 18.3 Å². The molecule has 1 radical (unpaired) electrons. The molecule has 7 rings (SSSR count). The molecule has 0 amide bonds. The van der Waals surface area contributed by atoms with Gasteiger partial charge in [-0.3, -0.25) is 4.98 Å². The van der Waals surface area contributed by atoms with E-state index in [-0.39, 0.29) is 20.1 Å². The molecule has 2 aliphatic rings. The largest absolute Gasteiger partial charge is 0.343 e. The van der Waals surface area contributed by atoms with Crippen molar-refractivity contribution >= 4 is 21.8 Å². The Kier molecular flexibility index (Phi) is 7.29. The van der Waals surface area contributed by atoms with Crippen molar-refractivity contribution in [1.82, 2.24) is 14.1 Å². The van der Waals surface area contributed by atoms with Crippen LogP contribution in [0.15, 0.2) is 67.0 Å². The van der Waals surface area contributed by atoms with E-state index in [9.17, 15) is 0 Å². The zero-order chi connectivity index (χ0) is 24.8. The van der Waals surface area contributed by atoms with Crippen molar-refractivity contribution in [3.63, 3.8) is 0 Å². The minimum absolute atomic E-state index is 0. The second-order valence-electron chi connectivity index (χ2n) is 11.3. The summed E-state index contributed by atoms with van der Waals surface area (Å²) < 4.78 is 4.86. The third-order valence-electron chi connectivity index (χ3n) is 9.12. The molecule has 197 valence electrons. The van der Waals surface area contributed by atoms with E-state index in [1.54, 1.807) is 11.1 Å². The van der Waals surface area contributed by atoms with Crippen LogP contribution in [0.4, 0.5) is 0 Å². The number of aryl methyl sites for hydroxylation is 1. The second kappa shape index (κ2) is 10.8. The summed E-state index contributed by atoms with van der Waals surface area (Å²) in [5.41, 5.74) is 8.28. The van der Waals surface area contributed by atoms with Crippen molar-refractivity contribution in [2.45, 2.75) is 76.0 Å². The van der Waals surface area contributed by atoms with Gasteiger partial charge in [0.25, 0.3) is 0 Å².